The summed E-state index contributed by atoms with van der Waals surface area (Å²) < 4.78 is 3.43. The standard InChI is InChI=1S/C50H31N3S/c1-2-13-32(14-3-1)36-17-10-18-37(31-36)39-23-12-16-34-15-11-22-38(46(34)39)33-27-29-35(30-28-33)48-47-42-21-6-9-26-45(42)54-49(47)52-50(51-48)53-43-24-7-4-19-40(43)41-20-5-8-25-44(41)53/h1-31H. The highest BCUT2D eigenvalue weighted by Crippen LogP contribution is 2.42. The van der Waals surface area contributed by atoms with Crippen molar-refractivity contribution in [3.63, 3.8) is 0 Å². The number of fused-ring (bicyclic) bond motifs is 7. The molecule has 0 spiro atoms. The van der Waals surface area contributed by atoms with E-state index in [4.69, 9.17) is 9.97 Å². The van der Waals surface area contributed by atoms with Gasteiger partial charge in [-0.05, 0) is 68.4 Å². The minimum atomic E-state index is 0.682. The Morgan fingerprint density at radius 2 is 0.963 bits per heavy atom. The van der Waals surface area contributed by atoms with E-state index >= 15 is 0 Å². The first kappa shape index (κ1) is 30.7. The van der Waals surface area contributed by atoms with Crippen LogP contribution in [0.15, 0.2) is 188 Å². The van der Waals surface area contributed by atoms with E-state index in [1.54, 1.807) is 11.3 Å². The Labute approximate surface area is 316 Å². The number of hydrogen-bond acceptors (Lipinski definition) is 3. The second-order valence-electron chi connectivity index (χ2n) is 13.8. The Bertz CT molecular complexity index is 3150. The van der Waals surface area contributed by atoms with Crippen LogP contribution < -0.4 is 0 Å². The summed E-state index contributed by atoms with van der Waals surface area (Å²) in [6, 6.07) is 67.4. The lowest BCUT2D eigenvalue weighted by molar-refractivity contribution is 1.02. The van der Waals surface area contributed by atoms with Crippen LogP contribution in [0.5, 0.6) is 0 Å². The SMILES string of the molecule is c1ccc(-c2cccc(-c3cccc4cccc(-c5ccc(-c6nc(-n7c8ccccc8c8ccccc87)nc7sc8ccccc8c67)cc5)c34)c2)cc1. The number of thiophene rings is 1. The minimum Gasteiger partial charge on any atom is -0.278 e. The number of benzene rings is 8. The Balaban J connectivity index is 1.09. The van der Waals surface area contributed by atoms with Crippen LogP contribution in [0.1, 0.15) is 0 Å². The highest BCUT2D eigenvalue weighted by molar-refractivity contribution is 7.25. The maximum Gasteiger partial charge on any atom is 0.236 e. The van der Waals surface area contributed by atoms with Gasteiger partial charge in [-0.25, -0.2) is 9.97 Å². The molecule has 3 heterocycles. The molecular formula is C50H31N3S. The molecule has 0 aliphatic carbocycles. The number of aromatic nitrogens is 3. The van der Waals surface area contributed by atoms with Crippen molar-refractivity contribution in [1.29, 1.82) is 0 Å². The smallest absolute Gasteiger partial charge is 0.236 e. The summed E-state index contributed by atoms with van der Waals surface area (Å²) in [5.41, 5.74) is 11.4. The van der Waals surface area contributed by atoms with Crippen molar-refractivity contribution < 1.29 is 0 Å². The average molecular weight is 706 g/mol. The van der Waals surface area contributed by atoms with Gasteiger partial charge in [0.25, 0.3) is 0 Å². The van der Waals surface area contributed by atoms with E-state index in [-0.39, 0.29) is 0 Å². The third-order valence-corrected chi connectivity index (χ3v) is 11.7. The fourth-order valence-electron chi connectivity index (χ4n) is 8.19. The second kappa shape index (κ2) is 12.4. The van der Waals surface area contributed by atoms with Crippen molar-refractivity contribution in [3.05, 3.63) is 188 Å². The third-order valence-electron chi connectivity index (χ3n) is 10.7. The molecule has 0 aliphatic rings. The van der Waals surface area contributed by atoms with Gasteiger partial charge in [-0.3, -0.25) is 4.57 Å². The summed E-state index contributed by atoms with van der Waals surface area (Å²) in [6.07, 6.45) is 0. The van der Waals surface area contributed by atoms with Crippen LogP contribution in [0.2, 0.25) is 0 Å². The van der Waals surface area contributed by atoms with Crippen LogP contribution in [0.4, 0.5) is 0 Å². The van der Waals surface area contributed by atoms with Gasteiger partial charge in [-0.15, -0.1) is 11.3 Å². The number of hydrogen-bond donors (Lipinski definition) is 0. The predicted octanol–water partition coefficient (Wildman–Crippen LogP) is 13.8. The summed E-state index contributed by atoms with van der Waals surface area (Å²) in [6.45, 7) is 0. The van der Waals surface area contributed by atoms with E-state index in [0.717, 1.165) is 32.5 Å². The maximum atomic E-state index is 5.43. The Morgan fingerprint density at radius 1 is 0.389 bits per heavy atom. The van der Waals surface area contributed by atoms with Gasteiger partial charge in [-0.2, -0.15) is 0 Å². The molecular weight excluding hydrogens is 675 g/mol. The molecule has 0 radical (unpaired) electrons. The Morgan fingerprint density at radius 3 is 1.70 bits per heavy atom. The molecule has 11 aromatic rings. The van der Waals surface area contributed by atoms with E-state index in [0.29, 0.717) is 5.95 Å². The number of para-hydroxylation sites is 2. The van der Waals surface area contributed by atoms with Crippen molar-refractivity contribution in [1.82, 2.24) is 14.5 Å². The molecule has 252 valence electrons. The number of nitrogens with zero attached hydrogens (tertiary/aromatic N) is 3. The van der Waals surface area contributed by atoms with Gasteiger partial charge in [0, 0.05) is 31.8 Å². The lowest BCUT2D eigenvalue weighted by atomic mass is 9.90. The van der Waals surface area contributed by atoms with E-state index in [1.165, 1.54) is 65.0 Å². The largest absolute Gasteiger partial charge is 0.278 e. The van der Waals surface area contributed by atoms with E-state index in [1.807, 2.05) is 0 Å². The first-order chi connectivity index (χ1) is 26.8. The zero-order chi connectivity index (χ0) is 35.6. The van der Waals surface area contributed by atoms with Gasteiger partial charge >= 0.3 is 0 Å². The second-order valence-corrected chi connectivity index (χ2v) is 14.8. The van der Waals surface area contributed by atoms with Crippen LogP contribution in [0.3, 0.4) is 0 Å². The predicted molar refractivity (Wildman–Crippen MR) is 229 cm³/mol. The highest BCUT2D eigenvalue weighted by atomic mass is 32.1. The molecule has 0 amide bonds. The summed E-state index contributed by atoms with van der Waals surface area (Å²) >= 11 is 1.73. The number of rotatable bonds is 5. The van der Waals surface area contributed by atoms with Crippen LogP contribution in [0, 0.1) is 0 Å². The first-order valence-electron chi connectivity index (χ1n) is 18.2. The molecule has 4 heteroatoms. The van der Waals surface area contributed by atoms with Crippen molar-refractivity contribution in [2.75, 3.05) is 0 Å². The summed E-state index contributed by atoms with van der Waals surface area (Å²) in [5, 5.41) is 7.14. The van der Waals surface area contributed by atoms with Gasteiger partial charge in [0.2, 0.25) is 5.95 Å². The molecule has 0 saturated heterocycles. The van der Waals surface area contributed by atoms with E-state index in [2.05, 4.69) is 193 Å². The molecule has 0 bridgehead atoms. The molecule has 8 aromatic carbocycles. The van der Waals surface area contributed by atoms with Crippen LogP contribution in [-0.4, -0.2) is 14.5 Å². The fourth-order valence-corrected chi connectivity index (χ4v) is 9.26. The molecule has 0 saturated carbocycles. The lowest BCUT2D eigenvalue weighted by Crippen LogP contribution is -2.02. The highest BCUT2D eigenvalue weighted by Gasteiger charge is 2.20. The molecule has 0 aliphatic heterocycles. The monoisotopic (exact) mass is 705 g/mol. The third kappa shape index (κ3) is 4.88. The normalized spacial score (nSPS) is 11.7. The molecule has 0 N–H and O–H groups in total. The lowest BCUT2D eigenvalue weighted by Gasteiger charge is -2.14. The quantitative estimate of drug-likeness (QED) is 0.178. The van der Waals surface area contributed by atoms with Crippen LogP contribution >= 0.6 is 11.3 Å². The summed E-state index contributed by atoms with van der Waals surface area (Å²) in [7, 11) is 0. The topological polar surface area (TPSA) is 30.7 Å². The van der Waals surface area contributed by atoms with Gasteiger partial charge in [0.15, 0.2) is 0 Å². The van der Waals surface area contributed by atoms with Crippen molar-refractivity contribution in [3.8, 4) is 50.6 Å². The van der Waals surface area contributed by atoms with Gasteiger partial charge in [0.1, 0.15) is 4.83 Å². The molecule has 0 fully saturated rings. The Hall–Kier alpha value is -6.88. The molecule has 0 unspecified atom stereocenters. The van der Waals surface area contributed by atoms with Gasteiger partial charge in [-0.1, -0.05) is 164 Å². The maximum absolute atomic E-state index is 5.43. The molecule has 3 aromatic heterocycles. The summed E-state index contributed by atoms with van der Waals surface area (Å²) in [5.74, 6) is 0.682. The van der Waals surface area contributed by atoms with Crippen molar-refractivity contribution in [2.24, 2.45) is 0 Å². The molecule has 3 nitrogen and oxygen atoms in total. The minimum absolute atomic E-state index is 0.682. The zero-order valence-electron chi connectivity index (χ0n) is 29.1. The molecule has 54 heavy (non-hydrogen) atoms. The zero-order valence-corrected chi connectivity index (χ0v) is 30.0. The summed E-state index contributed by atoms with van der Waals surface area (Å²) in [4.78, 5) is 11.7. The van der Waals surface area contributed by atoms with Crippen LogP contribution in [0.25, 0.3) is 103 Å². The first-order valence-corrected chi connectivity index (χ1v) is 19.1. The van der Waals surface area contributed by atoms with Crippen LogP contribution in [-0.2, 0) is 0 Å². The molecule has 0 atom stereocenters. The molecule has 11 rings (SSSR count). The van der Waals surface area contributed by atoms with Gasteiger partial charge < -0.3 is 0 Å². The van der Waals surface area contributed by atoms with E-state index < -0.39 is 0 Å². The fraction of sp³-hybridized carbons (Fsp3) is 0. The van der Waals surface area contributed by atoms with Crippen molar-refractivity contribution >= 4 is 64.2 Å². The van der Waals surface area contributed by atoms with Gasteiger partial charge in [0.05, 0.1) is 16.7 Å². The average Bonchev–Trinajstić information content (AvgIpc) is 3.79. The van der Waals surface area contributed by atoms with Crippen molar-refractivity contribution in [2.45, 2.75) is 0 Å². The van der Waals surface area contributed by atoms with E-state index in [9.17, 15) is 0 Å². The Kier molecular flexibility index (Phi) is 7.04.